The third-order valence-corrected chi connectivity index (χ3v) is 6.99. The lowest BCUT2D eigenvalue weighted by Gasteiger charge is -2.18. The smallest absolute Gasteiger partial charge is 0.263 e. The second kappa shape index (κ2) is 8.20. The predicted molar refractivity (Wildman–Crippen MR) is 120 cm³/mol. The van der Waals surface area contributed by atoms with E-state index in [2.05, 4.69) is 38.4 Å². The van der Waals surface area contributed by atoms with E-state index >= 15 is 0 Å². The summed E-state index contributed by atoms with van der Waals surface area (Å²) >= 11 is 4.98. The van der Waals surface area contributed by atoms with Crippen molar-refractivity contribution in [3.8, 4) is 0 Å². The highest BCUT2D eigenvalue weighted by molar-refractivity contribution is 9.10. The van der Waals surface area contributed by atoms with Gasteiger partial charge >= 0.3 is 0 Å². The molecule has 0 fully saturated rings. The van der Waals surface area contributed by atoms with Crippen LogP contribution < -0.4 is 11.0 Å². The normalized spacial score (nSPS) is 17.4. The number of nitrogens with one attached hydrogen (secondary N) is 1. The first-order valence-corrected chi connectivity index (χ1v) is 11.1. The average Bonchev–Trinajstić information content (AvgIpc) is 3.07. The standard InChI is InChI=1S/C21H21BrN4O2S/c1-12-3-8-16-17(9-12)29-20-18(16)21(28)26(11-23-20)13(2)19(27)25-24-10-14-4-6-15(22)7-5-14/h4-7,10-13H,3,8-9H2,1-2H3,(H,25,27)/t12-,13-/m1/s1. The van der Waals surface area contributed by atoms with Crippen LogP contribution in [0.4, 0.5) is 0 Å². The zero-order chi connectivity index (χ0) is 20.5. The van der Waals surface area contributed by atoms with Gasteiger partial charge in [0.2, 0.25) is 0 Å². The van der Waals surface area contributed by atoms with Crippen LogP contribution in [0.3, 0.4) is 0 Å². The molecule has 3 aromatic rings. The maximum absolute atomic E-state index is 13.1. The molecule has 2 aromatic heterocycles. The Morgan fingerprint density at radius 2 is 2.17 bits per heavy atom. The molecular formula is C21H21BrN4O2S. The molecule has 2 heterocycles. The lowest BCUT2D eigenvalue weighted by Crippen LogP contribution is -2.34. The summed E-state index contributed by atoms with van der Waals surface area (Å²) < 4.78 is 2.37. The number of amides is 1. The van der Waals surface area contributed by atoms with E-state index in [0.717, 1.165) is 39.7 Å². The van der Waals surface area contributed by atoms with Crippen molar-refractivity contribution in [1.29, 1.82) is 0 Å². The second-order valence-corrected chi connectivity index (χ2v) is 9.45. The van der Waals surface area contributed by atoms with Crippen LogP contribution in [0.2, 0.25) is 0 Å². The number of hydrazone groups is 1. The third-order valence-electron chi connectivity index (χ3n) is 5.30. The summed E-state index contributed by atoms with van der Waals surface area (Å²) in [5, 5.41) is 4.68. The van der Waals surface area contributed by atoms with E-state index in [9.17, 15) is 9.59 Å². The van der Waals surface area contributed by atoms with Crippen LogP contribution in [0, 0.1) is 5.92 Å². The van der Waals surface area contributed by atoms with Crippen LogP contribution in [-0.4, -0.2) is 21.7 Å². The number of benzene rings is 1. The Morgan fingerprint density at radius 3 is 2.93 bits per heavy atom. The number of hydrogen-bond donors (Lipinski definition) is 1. The van der Waals surface area contributed by atoms with Gasteiger partial charge in [-0.05, 0) is 55.4 Å². The van der Waals surface area contributed by atoms with Gasteiger partial charge in [0.15, 0.2) is 0 Å². The molecular weight excluding hydrogens is 452 g/mol. The average molecular weight is 473 g/mol. The minimum absolute atomic E-state index is 0.151. The molecule has 0 radical (unpaired) electrons. The second-order valence-electron chi connectivity index (χ2n) is 7.45. The summed E-state index contributed by atoms with van der Waals surface area (Å²) in [6, 6.07) is 6.85. The molecule has 0 spiro atoms. The maximum atomic E-state index is 13.1. The first-order valence-electron chi connectivity index (χ1n) is 9.54. The Bertz CT molecular complexity index is 1150. The molecule has 150 valence electrons. The zero-order valence-electron chi connectivity index (χ0n) is 16.2. The summed E-state index contributed by atoms with van der Waals surface area (Å²) in [5.41, 5.74) is 4.35. The predicted octanol–water partition coefficient (Wildman–Crippen LogP) is 4.06. The third kappa shape index (κ3) is 4.04. The van der Waals surface area contributed by atoms with Gasteiger partial charge in [0.05, 0.1) is 17.9 Å². The van der Waals surface area contributed by atoms with E-state index in [4.69, 9.17) is 0 Å². The quantitative estimate of drug-likeness (QED) is 0.459. The number of fused-ring (bicyclic) bond motifs is 3. The van der Waals surface area contributed by atoms with E-state index in [-0.39, 0.29) is 11.5 Å². The first-order chi connectivity index (χ1) is 13.9. The van der Waals surface area contributed by atoms with Gasteiger partial charge in [0, 0.05) is 9.35 Å². The van der Waals surface area contributed by atoms with E-state index in [1.807, 2.05) is 24.3 Å². The van der Waals surface area contributed by atoms with Crippen LogP contribution in [0.5, 0.6) is 0 Å². The number of aromatic nitrogens is 2. The molecule has 8 heteroatoms. The summed E-state index contributed by atoms with van der Waals surface area (Å²) in [7, 11) is 0. The number of carbonyl (C=O) groups is 1. The van der Waals surface area contributed by atoms with Crippen molar-refractivity contribution in [2.75, 3.05) is 0 Å². The highest BCUT2D eigenvalue weighted by Crippen LogP contribution is 2.35. The highest BCUT2D eigenvalue weighted by Gasteiger charge is 2.25. The fourth-order valence-corrected chi connectivity index (χ4v) is 5.16. The van der Waals surface area contributed by atoms with Crippen molar-refractivity contribution < 1.29 is 4.79 Å². The fourth-order valence-electron chi connectivity index (χ4n) is 3.56. The number of nitrogens with zero attached hydrogens (tertiary/aromatic N) is 3. The lowest BCUT2D eigenvalue weighted by molar-refractivity contribution is -0.123. The SMILES string of the molecule is C[C@@H]1CCc2c(sc3ncn([C@H](C)C(=O)NN=Cc4ccc(Br)cc4)c(=O)c23)C1. The summed E-state index contributed by atoms with van der Waals surface area (Å²) in [6.45, 7) is 3.92. The van der Waals surface area contributed by atoms with Gasteiger partial charge in [0.25, 0.3) is 11.5 Å². The number of aryl methyl sites for hydroxylation is 1. The first kappa shape index (κ1) is 20.0. The van der Waals surface area contributed by atoms with E-state index in [1.165, 1.54) is 15.8 Å². The van der Waals surface area contributed by atoms with Crippen molar-refractivity contribution in [3.05, 3.63) is 61.4 Å². The molecule has 0 unspecified atom stereocenters. The Hall–Kier alpha value is -2.32. The van der Waals surface area contributed by atoms with Gasteiger partial charge in [-0.25, -0.2) is 10.4 Å². The molecule has 1 aliphatic rings. The summed E-state index contributed by atoms with van der Waals surface area (Å²) in [4.78, 5) is 32.2. The zero-order valence-corrected chi connectivity index (χ0v) is 18.6. The molecule has 6 nitrogen and oxygen atoms in total. The molecule has 0 saturated carbocycles. The van der Waals surface area contributed by atoms with Gasteiger partial charge in [0.1, 0.15) is 10.9 Å². The number of hydrogen-bond acceptors (Lipinski definition) is 5. The summed E-state index contributed by atoms with van der Waals surface area (Å²) in [6.07, 6.45) is 6.01. The number of halogens is 1. The van der Waals surface area contributed by atoms with Crippen molar-refractivity contribution in [2.45, 2.75) is 39.2 Å². The van der Waals surface area contributed by atoms with E-state index in [0.29, 0.717) is 11.3 Å². The Morgan fingerprint density at radius 1 is 1.41 bits per heavy atom. The Kier molecular flexibility index (Phi) is 5.65. The van der Waals surface area contributed by atoms with E-state index < -0.39 is 6.04 Å². The van der Waals surface area contributed by atoms with Crippen molar-refractivity contribution in [2.24, 2.45) is 11.0 Å². The topological polar surface area (TPSA) is 76.3 Å². The molecule has 1 N–H and O–H groups in total. The molecule has 1 aliphatic carbocycles. The number of rotatable bonds is 4. The van der Waals surface area contributed by atoms with Crippen LogP contribution in [0.25, 0.3) is 10.2 Å². The molecule has 0 bridgehead atoms. The van der Waals surface area contributed by atoms with Gasteiger partial charge in [-0.1, -0.05) is 35.0 Å². The molecule has 0 aliphatic heterocycles. The van der Waals surface area contributed by atoms with Crippen LogP contribution in [-0.2, 0) is 17.6 Å². The molecule has 2 atom stereocenters. The Balaban J connectivity index is 1.55. The number of carbonyl (C=O) groups excluding carboxylic acids is 1. The highest BCUT2D eigenvalue weighted by atomic mass is 79.9. The monoisotopic (exact) mass is 472 g/mol. The van der Waals surface area contributed by atoms with Crippen LogP contribution >= 0.6 is 27.3 Å². The fraction of sp³-hybridized carbons (Fsp3) is 0.333. The molecule has 29 heavy (non-hydrogen) atoms. The number of thiophene rings is 1. The van der Waals surface area contributed by atoms with Crippen molar-refractivity contribution >= 4 is 49.6 Å². The van der Waals surface area contributed by atoms with E-state index in [1.54, 1.807) is 24.5 Å². The van der Waals surface area contributed by atoms with Gasteiger partial charge < -0.3 is 0 Å². The molecule has 1 aromatic carbocycles. The minimum atomic E-state index is -0.709. The maximum Gasteiger partial charge on any atom is 0.263 e. The molecule has 0 saturated heterocycles. The lowest BCUT2D eigenvalue weighted by atomic mass is 9.89. The molecule has 4 rings (SSSR count). The minimum Gasteiger partial charge on any atom is -0.286 e. The van der Waals surface area contributed by atoms with Crippen LogP contribution in [0.1, 0.15) is 42.3 Å². The van der Waals surface area contributed by atoms with Gasteiger partial charge in [-0.15, -0.1) is 11.3 Å². The van der Waals surface area contributed by atoms with Gasteiger partial charge in [-0.3, -0.25) is 14.2 Å². The van der Waals surface area contributed by atoms with Gasteiger partial charge in [-0.2, -0.15) is 5.10 Å². The van der Waals surface area contributed by atoms with Crippen LogP contribution in [0.15, 0.2) is 45.0 Å². The van der Waals surface area contributed by atoms with Crippen molar-refractivity contribution in [1.82, 2.24) is 15.0 Å². The summed E-state index contributed by atoms with van der Waals surface area (Å²) in [5.74, 6) is 0.269. The largest absolute Gasteiger partial charge is 0.286 e. The van der Waals surface area contributed by atoms with Crippen molar-refractivity contribution in [3.63, 3.8) is 0 Å². The Labute approximate surface area is 180 Å². The molecule has 1 amide bonds.